The van der Waals surface area contributed by atoms with E-state index in [0.29, 0.717) is 22.6 Å². The first-order chi connectivity index (χ1) is 17.5. The number of thioether (sulfide) groups is 1. The fraction of sp³-hybridized carbons (Fsp3) is 0.310. The lowest BCUT2D eigenvalue weighted by atomic mass is 9.81. The Labute approximate surface area is 224 Å². The second kappa shape index (κ2) is 10.7. The van der Waals surface area contributed by atoms with Crippen LogP contribution in [0, 0.1) is 11.8 Å². The van der Waals surface area contributed by atoms with Crippen molar-refractivity contribution in [2.75, 3.05) is 20.0 Å². The van der Waals surface area contributed by atoms with E-state index in [1.807, 2.05) is 48.5 Å². The Hall–Kier alpha value is -2.77. The molecule has 1 amide bonds. The van der Waals surface area contributed by atoms with Gasteiger partial charge in [-0.15, -0.1) is 0 Å². The summed E-state index contributed by atoms with van der Waals surface area (Å²) < 4.78 is 12.1. The van der Waals surface area contributed by atoms with Crippen LogP contribution < -0.4 is 14.8 Å². The van der Waals surface area contributed by atoms with Gasteiger partial charge in [0.1, 0.15) is 11.5 Å². The highest BCUT2D eigenvalue weighted by Gasteiger charge is 2.50. The number of halogens is 1. The first kappa shape index (κ1) is 24.9. The summed E-state index contributed by atoms with van der Waals surface area (Å²) in [6.07, 6.45) is 2.89. The Balaban J connectivity index is 1.45. The maximum atomic E-state index is 12.9. The zero-order valence-corrected chi connectivity index (χ0v) is 22.8. The average molecular weight is 566 g/mol. The second-order valence-corrected chi connectivity index (χ2v) is 11.3. The van der Waals surface area contributed by atoms with Gasteiger partial charge in [0.25, 0.3) is 5.91 Å². The monoisotopic (exact) mass is 564 g/mol. The highest BCUT2D eigenvalue weighted by molar-refractivity contribution is 9.10. The van der Waals surface area contributed by atoms with Crippen molar-refractivity contribution in [2.24, 2.45) is 16.8 Å². The van der Waals surface area contributed by atoms with Gasteiger partial charge in [-0.05, 0) is 72.6 Å². The molecule has 0 spiro atoms. The predicted octanol–water partition coefficient (Wildman–Crippen LogP) is 6.46. The minimum absolute atomic E-state index is 0.123. The van der Waals surface area contributed by atoms with Gasteiger partial charge in [0, 0.05) is 21.9 Å². The lowest BCUT2D eigenvalue weighted by Crippen LogP contribution is -2.40. The number of fused-ring (bicyclic) bond motifs is 1. The number of aliphatic imine (C=N–C) groups is 1. The summed E-state index contributed by atoms with van der Waals surface area (Å²) in [4.78, 5) is 18.2. The molecule has 0 bridgehead atoms. The van der Waals surface area contributed by atoms with Gasteiger partial charge in [-0.2, -0.15) is 0 Å². The standard InChI is InChI=1S/C29H29BrN2O3S/c1-34-25-12-11-21(26(16-25)35-2)13-19-14-23-18-36-28(31-27(33)20-7-4-3-5-8-20)32-29(23,17-19)22-9-6-10-24(30)15-22/h3-12,15-16,19,23H,13-14,17-18H2,1-2H3,(H,31,32,33)/t19?,23-,29+/m0/s1. The molecule has 1 heterocycles. The van der Waals surface area contributed by atoms with Gasteiger partial charge in [0.2, 0.25) is 0 Å². The molecular weight excluding hydrogens is 536 g/mol. The van der Waals surface area contributed by atoms with E-state index >= 15 is 0 Å². The first-order valence-electron chi connectivity index (χ1n) is 12.1. The number of amidine groups is 1. The minimum atomic E-state index is -0.376. The molecule has 5 rings (SSSR count). The Kier molecular flexibility index (Phi) is 7.39. The molecule has 0 radical (unpaired) electrons. The molecule has 1 N–H and O–H groups in total. The molecule has 0 saturated heterocycles. The molecule has 2 aliphatic rings. The van der Waals surface area contributed by atoms with E-state index in [1.165, 1.54) is 11.1 Å². The smallest absolute Gasteiger partial charge is 0.257 e. The minimum Gasteiger partial charge on any atom is -0.497 e. The van der Waals surface area contributed by atoms with Crippen LogP contribution in [0.25, 0.3) is 0 Å². The summed E-state index contributed by atoms with van der Waals surface area (Å²) >= 11 is 5.30. The number of nitrogens with one attached hydrogen (secondary N) is 1. The Morgan fingerprint density at radius 2 is 1.92 bits per heavy atom. The van der Waals surface area contributed by atoms with Crippen molar-refractivity contribution >= 4 is 38.8 Å². The molecule has 1 aliphatic heterocycles. The molecule has 1 unspecified atom stereocenters. The van der Waals surface area contributed by atoms with Gasteiger partial charge in [-0.25, -0.2) is 0 Å². The number of nitrogens with zero attached hydrogens (tertiary/aromatic N) is 1. The number of methoxy groups -OCH3 is 2. The average Bonchev–Trinajstić information content (AvgIpc) is 3.28. The molecule has 186 valence electrons. The fourth-order valence-electron chi connectivity index (χ4n) is 5.51. The summed E-state index contributed by atoms with van der Waals surface area (Å²) in [5.41, 5.74) is 2.63. The van der Waals surface area contributed by atoms with E-state index in [9.17, 15) is 4.79 Å². The van der Waals surface area contributed by atoms with Gasteiger partial charge in [0.05, 0.1) is 19.8 Å². The van der Waals surface area contributed by atoms with Crippen LogP contribution in [0.15, 0.2) is 82.3 Å². The van der Waals surface area contributed by atoms with Crippen LogP contribution in [0.3, 0.4) is 0 Å². The number of carbonyl (C=O) groups excluding carboxylic acids is 1. The van der Waals surface area contributed by atoms with Crippen molar-refractivity contribution in [3.05, 3.63) is 94.0 Å². The van der Waals surface area contributed by atoms with Crippen LogP contribution in [0.2, 0.25) is 0 Å². The lowest BCUT2D eigenvalue weighted by molar-refractivity contribution is 0.0977. The van der Waals surface area contributed by atoms with Crippen molar-refractivity contribution in [1.29, 1.82) is 0 Å². The van der Waals surface area contributed by atoms with E-state index in [0.717, 1.165) is 41.0 Å². The van der Waals surface area contributed by atoms with Crippen LogP contribution in [0.5, 0.6) is 11.5 Å². The van der Waals surface area contributed by atoms with Crippen molar-refractivity contribution < 1.29 is 14.3 Å². The lowest BCUT2D eigenvalue weighted by Gasteiger charge is -2.36. The molecule has 1 saturated carbocycles. The molecule has 0 aromatic heterocycles. The topological polar surface area (TPSA) is 59.9 Å². The largest absolute Gasteiger partial charge is 0.497 e. The van der Waals surface area contributed by atoms with Crippen molar-refractivity contribution in [3.63, 3.8) is 0 Å². The van der Waals surface area contributed by atoms with E-state index < -0.39 is 0 Å². The summed E-state index contributed by atoms with van der Waals surface area (Å²) in [5, 5.41) is 3.78. The third-order valence-corrected chi connectivity index (χ3v) is 8.73. The van der Waals surface area contributed by atoms with Crippen molar-refractivity contribution in [3.8, 4) is 11.5 Å². The number of amides is 1. The van der Waals surface area contributed by atoms with Crippen LogP contribution in [0.1, 0.15) is 34.3 Å². The maximum Gasteiger partial charge on any atom is 0.257 e. The van der Waals surface area contributed by atoms with Crippen LogP contribution in [-0.4, -0.2) is 31.0 Å². The van der Waals surface area contributed by atoms with Gasteiger partial charge in [0.15, 0.2) is 5.17 Å². The number of rotatable bonds is 6. The van der Waals surface area contributed by atoms with E-state index in [1.54, 1.807) is 26.0 Å². The third-order valence-electron chi connectivity index (χ3n) is 7.20. The van der Waals surface area contributed by atoms with Gasteiger partial charge in [-0.3, -0.25) is 9.79 Å². The summed E-state index contributed by atoms with van der Waals surface area (Å²) in [6, 6.07) is 23.8. The Morgan fingerprint density at radius 3 is 2.67 bits per heavy atom. The van der Waals surface area contributed by atoms with Crippen molar-refractivity contribution in [2.45, 2.75) is 24.8 Å². The van der Waals surface area contributed by atoms with Crippen LogP contribution >= 0.6 is 27.7 Å². The van der Waals surface area contributed by atoms with Gasteiger partial charge < -0.3 is 14.8 Å². The normalized spacial score (nSPS) is 22.9. The highest BCUT2D eigenvalue weighted by atomic mass is 79.9. The van der Waals surface area contributed by atoms with Crippen LogP contribution in [-0.2, 0) is 12.0 Å². The summed E-state index contributed by atoms with van der Waals surface area (Å²) in [7, 11) is 3.37. The molecule has 3 aromatic carbocycles. The third kappa shape index (κ3) is 5.04. The molecule has 1 fully saturated rings. The van der Waals surface area contributed by atoms with E-state index in [2.05, 4.69) is 45.5 Å². The Bertz CT molecular complexity index is 1280. The number of ether oxygens (including phenoxy) is 2. The number of carbonyl (C=O) groups is 1. The molecular formula is C29H29BrN2O3S. The van der Waals surface area contributed by atoms with Gasteiger partial charge >= 0.3 is 0 Å². The maximum absolute atomic E-state index is 12.9. The zero-order valence-electron chi connectivity index (χ0n) is 20.4. The fourth-order valence-corrected chi connectivity index (χ4v) is 7.07. The Morgan fingerprint density at radius 1 is 1.08 bits per heavy atom. The molecule has 3 aromatic rings. The van der Waals surface area contributed by atoms with Gasteiger partial charge in [-0.1, -0.05) is 64.1 Å². The number of benzene rings is 3. The van der Waals surface area contributed by atoms with Crippen molar-refractivity contribution in [1.82, 2.24) is 5.32 Å². The SMILES string of the molecule is COc1ccc(CC2C[C@H]3CSC(NC(=O)c4ccccc4)=N[C@@]3(c3cccc(Br)c3)C2)c(OC)c1. The summed E-state index contributed by atoms with van der Waals surface area (Å²) in [6.45, 7) is 0. The summed E-state index contributed by atoms with van der Waals surface area (Å²) in [5.74, 6) is 3.25. The highest BCUT2D eigenvalue weighted by Crippen LogP contribution is 2.54. The zero-order chi connectivity index (χ0) is 25.1. The predicted molar refractivity (Wildman–Crippen MR) is 149 cm³/mol. The molecule has 7 heteroatoms. The second-order valence-electron chi connectivity index (χ2n) is 9.37. The van der Waals surface area contributed by atoms with Crippen LogP contribution in [0.4, 0.5) is 0 Å². The molecule has 36 heavy (non-hydrogen) atoms. The molecule has 3 atom stereocenters. The quantitative estimate of drug-likeness (QED) is 0.373. The van der Waals surface area contributed by atoms with E-state index in [4.69, 9.17) is 14.5 Å². The molecule has 1 aliphatic carbocycles. The first-order valence-corrected chi connectivity index (χ1v) is 13.8. The molecule has 5 nitrogen and oxygen atoms in total. The number of hydrogen-bond acceptors (Lipinski definition) is 5. The van der Waals surface area contributed by atoms with E-state index in [-0.39, 0.29) is 11.4 Å². The number of hydrogen-bond donors (Lipinski definition) is 1.